The van der Waals surface area contributed by atoms with Crippen LogP contribution in [0.15, 0.2) is 41.6 Å². The van der Waals surface area contributed by atoms with Gasteiger partial charge in [0.2, 0.25) is 0 Å². The van der Waals surface area contributed by atoms with Gasteiger partial charge in [-0.25, -0.2) is 14.4 Å². The van der Waals surface area contributed by atoms with Gasteiger partial charge in [-0.1, -0.05) is 11.6 Å². The van der Waals surface area contributed by atoms with E-state index in [0.29, 0.717) is 15.8 Å². The molecule has 2 heterocycles. The van der Waals surface area contributed by atoms with E-state index in [1.165, 1.54) is 23.0 Å². The Labute approximate surface area is 118 Å². The summed E-state index contributed by atoms with van der Waals surface area (Å²) in [4.78, 5) is 19.9. The average molecular weight is 290 g/mol. The third kappa shape index (κ3) is 2.06. The van der Waals surface area contributed by atoms with Crippen LogP contribution >= 0.6 is 11.6 Å². The third-order valence-corrected chi connectivity index (χ3v) is 3.22. The molecular formula is C14H9ClFN3O. The van der Waals surface area contributed by atoms with E-state index >= 15 is 0 Å². The number of pyridine rings is 1. The number of hydrogen-bond donors (Lipinski definition) is 0. The molecule has 100 valence electrons. The summed E-state index contributed by atoms with van der Waals surface area (Å²) in [5.41, 5.74) is -0.00704. The smallest absolute Gasteiger partial charge is 0.258 e. The van der Waals surface area contributed by atoms with Crippen molar-refractivity contribution in [2.24, 2.45) is 7.05 Å². The summed E-state index contributed by atoms with van der Waals surface area (Å²) >= 11 is 5.71. The molecule has 0 saturated heterocycles. The lowest BCUT2D eigenvalue weighted by Gasteiger charge is -2.06. The van der Waals surface area contributed by atoms with E-state index in [1.54, 1.807) is 25.4 Å². The minimum absolute atomic E-state index is 0.231. The monoisotopic (exact) mass is 289 g/mol. The fraction of sp³-hybridized carbons (Fsp3) is 0.0714. The van der Waals surface area contributed by atoms with Crippen molar-refractivity contribution in [3.8, 4) is 11.4 Å². The number of fused-ring (bicyclic) bond motifs is 1. The largest absolute Gasteiger partial charge is 0.318 e. The molecule has 3 rings (SSSR count). The molecule has 0 fully saturated rings. The van der Waals surface area contributed by atoms with Crippen LogP contribution in [0.2, 0.25) is 5.02 Å². The van der Waals surface area contributed by atoms with Crippen LogP contribution in [0.4, 0.5) is 4.39 Å². The van der Waals surface area contributed by atoms with Crippen molar-refractivity contribution in [2.75, 3.05) is 0 Å². The highest BCUT2D eigenvalue weighted by Crippen LogP contribution is 2.24. The van der Waals surface area contributed by atoms with E-state index < -0.39 is 5.82 Å². The Balaban J connectivity index is 2.28. The molecule has 0 radical (unpaired) electrons. The van der Waals surface area contributed by atoms with E-state index in [1.807, 2.05) is 0 Å². The van der Waals surface area contributed by atoms with Gasteiger partial charge in [-0.3, -0.25) is 4.79 Å². The standard InChI is InChI=1S/C14H9ClFN3O/c1-19-3-2-8-4-11(12(16)5-10(8)14(19)20)13-17-6-9(15)7-18-13/h2-7H,1H3. The number of halogens is 2. The van der Waals surface area contributed by atoms with Crippen molar-refractivity contribution in [1.29, 1.82) is 0 Å². The van der Waals surface area contributed by atoms with Gasteiger partial charge in [0.15, 0.2) is 5.82 Å². The molecule has 0 spiro atoms. The van der Waals surface area contributed by atoms with Gasteiger partial charge in [0.25, 0.3) is 5.56 Å². The lowest BCUT2D eigenvalue weighted by atomic mass is 10.1. The summed E-state index contributed by atoms with van der Waals surface area (Å²) in [6.45, 7) is 0. The molecule has 0 atom stereocenters. The van der Waals surface area contributed by atoms with Crippen LogP contribution in [-0.4, -0.2) is 14.5 Å². The molecule has 4 nitrogen and oxygen atoms in total. The summed E-state index contributed by atoms with van der Waals surface area (Å²) in [7, 11) is 1.62. The number of hydrogen-bond acceptors (Lipinski definition) is 3. The fourth-order valence-electron chi connectivity index (χ4n) is 1.99. The zero-order chi connectivity index (χ0) is 14.3. The maximum atomic E-state index is 14.2. The highest BCUT2D eigenvalue weighted by molar-refractivity contribution is 6.30. The van der Waals surface area contributed by atoms with Crippen LogP contribution in [0.3, 0.4) is 0 Å². The first-order chi connectivity index (χ1) is 9.56. The molecule has 0 saturated carbocycles. The normalized spacial score (nSPS) is 10.9. The first-order valence-electron chi connectivity index (χ1n) is 5.83. The zero-order valence-corrected chi connectivity index (χ0v) is 11.2. The Kier molecular flexibility index (Phi) is 2.99. The van der Waals surface area contributed by atoms with Crippen LogP contribution in [0.25, 0.3) is 22.2 Å². The molecule has 0 amide bonds. The van der Waals surface area contributed by atoms with Gasteiger partial charge < -0.3 is 4.57 Å². The van der Waals surface area contributed by atoms with Gasteiger partial charge >= 0.3 is 0 Å². The van der Waals surface area contributed by atoms with Gasteiger partial charge in [0.1, 0.15) is 5.82 Å². The Morgan fingerprint density at radius 2 is 1.95 bits per heavy atom. The van der Waals surface area contributed by atoms with Crippen LogP contribution in [0.5, 0.6) is 0 Å². The number of aryl methyl sites for hydroxylation is 1. The lowest BCUT2D eigenvalue weighted by Crippen LogP contribution is -2.15. The molecule has 1 aromatic carbocycles. The molecule has 6 heteroatoms. The van der Waals surface area contributed by atoms with Gasteiger partial charge in [-0.15, -0.1) is 0 Å². The molecule has 20 heavy (non-hydrogen) atoms. The molecular weight excluding hydrogens is 281 g/mol. The Morgan fingerprint density at radius 1 is 1.25 bits per heavy atom. The second-order valence-corrected chi connectivity index (χ2v) is 4.81. The van der Waals surface area contributed by atoms with E-state index in [-0.39, 0.29) is 16.9 Å². The van der Waals surface area contributed by atoms with E-state index in [0.717, 1.165) is 0 Å². The van der Waals surface area contributed by atoms with E-state index in [9.17, 15) is 9.18 Å². The summed E-state index contributed by atoms with van der Waals surface area (Å²) in [5, 5.41) is 1.34. The highest BCUT2D eigenvalue weighted by Gasteiger charge is 2.11. The average Bonchev–Trinajstić information content (AvgIpc) is 2.44. The molecule has 0 aliphatic carbocycles. The molecule has 0 aliphatic heterocycles. The summed E-state index contributed by atoms with van der Waals surface area (Å²) in [6, 6.07) is 4.52. The van der Waals surface area contributed by atoms with Gasteiger partial charge in [-0.05, 0) is 23.6 Å². The van der Waals surface area contributed by atoms with Crippen molar-refractivity contribution in [3.63, 3.8) is 0 Å². The first kappa shape index (κ1) is 12.7. The summed E-state index contributed by atoms with van der Waals surface area (Å²) in [6.07, 6.45) is 4.43. The topological polar surface area (TPSA) is 47.8 Å². The fourth-order valence-corrected chi connectivity index (χ4v) is 2.08. The van der Waals surface area contributed by atoms with Gasteiger partial charge in [0, 0.05) is 25.6 Å². The first-order valence-corrected chi connectivity index (χ1v) is 6.21. The van der Waals surface area contributed by atoms with Crippen molar-refractivity contribution in [2.45, 2.75) is 0 Å². The van der Waals surface area contributed by atoms with Crippen LogP contribution < -0.4 is 5.56 Å². The quantitative estimate of drug-likeness (QED) is 0.692. The van der Waals surface area contributed by atoms with Crippen LogP contribution in [0.1, 0.15) is 0 Å². The van der Waals surface area contributed by atoms with Crippen LogP contribution in [-0.2, 0) is 7.05 Å². The second kappa shape index (κ2) is 4.68. The molecule has 3 aromatic rings. The van der Waals surface area contributed by atoms with Gasteiger partial charge in [0.05, 0.1) is 16.0 Å². The van der Waals surface area contributed by atoms with Gasteiger partial charge in [-0.2, -0.15) is 0 Å². The predicted molar refractivity (Wildman–Crippen MR) is 75.2 cm³/mol. The SMILES string of the molecule is Cn1ccc2cc(-c3ncc(Cl)cn3)c(F)cc2c1=O. The Bertz CT molecular complexity index is 859. The molecule has 0 aliphatic rings. The van der Waals surface area contributed by atoms with Crippen molar-refractivity contribution >= 4 is 22.4 Å². The Morgan fingerprint density at radius 3 is 2.65 bits per heavy atom. The molecule has 2 aromatic heterocycles. The summed E-state index contributed by atoms with van der Waals surface area (Å²) in [5.74, 6) is -0.308. The van der Waals surface area contributed by atoms with Crippen molar-refractivity contribution < 1.29 is 4.39 Å². The molecule has 0 unspecified atom stereocenters. The number of aromatic nitrogens is 3. The Hall–Kier alpha value is -2.27. The second-order valence-electron chi connectivity index (χ2n) is 4.38. The summed E-state index contributed by atoms with van der Waals surface area (Å²) < 4.78 is 15.6. The molecule has 0 bridgehead atoms. The number of benzene rings is 1. The third-order valence-electron chi connectivity index (χ3n) is 3.03. The highest BCUT2D eigenvalue weighted by atomic mass is 35.5. The van der Waals surface area contributed by atoms with Crippen molar-refractivity contribution in [3.05, 3.63) is 58.0 Å². The van der Waals surface area contributed by atoms with E-state index in [4.69, 9.17) is 11.6 Å². The molecule has 0 N–H and O–H groups in total. The zero-order valence-electron chi connectivity index (χ0n) is 10.5. The minimum atomic E-state index is -0.539. The minimum Gasteiger partial charge on any atom is -0.318 e. The maximum absolute atomic E-state index is 14.2. The van der Waals surface area contributed by atoms with E-state index in [2.05, 4.69) is 9.97 Å². The maximum Gasteiger partial charge on any atom is 0.258 e. The predicted octanol–water partition coefficient (Wildman–Crippen LogP) is 2.79. The number of nitrogens with zero attached hydrogens (tertiary/aromatic N) is 3. The van der Waals surface area contributed by atoms with Crippen molar-refractivity contribution in [1.82, 2.24) is 14.5 Å². The number of rotatable bonds is 1. The lowest BCUT2D eigenvalue weighted by molar-refractivity contribution is 0.631. The van der Waals surface area contributed by atoms with Crippen LogP contribution in [0, 0.1) is 5.82 Å².